The van der Waals surface area contributed by atoms with Gasteiger partial charge in [-0.05, 0) is 18.6 Å². The van der Waals surface area contributed by atoms with E-state index in [9.17, 15) is 30.0 Å². The van der Waals surface area contributed by atoms with Crippen molar-refractivity contribution in [1.29, 1.82) is 0 Å². The third kappa shape index (κ3) is 3.86. The molecule has 2 fully saturated rings. The molecule has 2 aliphatic carbocycles. The number of carbonyl (C=O) groups is 2. The van der Waals surface area contributed by atoms with E-state index in [1.54, 1.807) is 30.3 Å². The van der Waals surface area contributed by atoms with Crippen molar-refractivity contribution >= 4 is 11.9 Å². The fraction of sp³-hybridized carbons (Fsp3) is 0.652. The minimum Gasteiger partial charge on any atom is -0.459 e. The lowest BCUT2D eigenvalue weighted by Gasteiger charge is -2.75. The SMILES string of the molecule is CCCCCCCCNC(=O)[C@@]1(O)C[C@@]2(O)[C@](O)(COC(=O)c3ccccc3)C[C@]21O. The van der Waals surface area contributed by atoms with Gasteiger partial charge in [0.1, 0.15) is 23.4 Å². The second-order valence-corrected chi connectivity index (χ2v) is 8.93. The van der Waals surface area contributed by atoms with Crippen molar-refractivity contribution in [3.63, 3.8) is 0 Å². The van der Waals surface area contributed by atoms with Crippen LogP contribution in [0.15, 0.2) is 30.3 Å². The van der Waals surface area contributed by atoms with Crippen molar-refractivity contribution < 1.29 is 34.8 Å². The first kappa shape index (κ1) is 23.7. The van der Waals surface area contributed by atoms with Crippen LogP contribution >= 0.6 is 0 Å². The Morgan fingerprint density at radius 1 is 0.935 bits per heavy atom. The van der Waals surface area contributed by atoms with Crippen molar-refractivity contribution in [2.24, 2.45) is 0 Å². The maximum atomic E-state index is 12.5. The summed E-state index contributed by atoms with van der Waals surface area (Å²) in [6.07, 6.45) is 5.25. The summed E-state index contributed by atoms with van der Waals surface area (Å²) in [7, 11) is 0. The number of ether oxygens (including phenoxy) is 1. The lowest BCUT2D eigenvalue weighted by atomic mass is 9.37. The molecule has 0 bridgehead atoms. The number of esters is 1. The normalized spacial score (nSPS) is 33.6. The van der Waals surface area contributed by atoms with Gasteiger partial charge in [0.25, 0.3) is 5.91 Å². The zero-order valence-corrected chi connectivity index (χ0v) is 18.0. The van der Waals surface area contributed by atoms with E-state index in [1.165, 1.54) is 6.42 Å². The van der Waals surface area contributed by atoms with E-state index in [4.69, 9.17) is 4.74 Å². The Morgan fingerprint density at radius 3 is 2.19 bits per heavy atom. The summed E-state index contributed by atoms with van der Waals surface area (Å²) >= 11 is 0. The molecule has 0 aliphatic heterocycles. The lowest BCUT2D eigenvalue weighted by Crippen LogP contribution is -2.98. The van der Waals surface area contributed by atoms with Crippen LogP contribution in [0.1, 0.15) is 68.6 Å². The van der Waals surface area contributed by atoms with Crippen LogP contribution in [0.2, 0.25) is 0 Å². The number of fused-ring (bicyclic) bond motifs is 1. The molecule has 0 unspecified atom stereocenters. The van der Waals surface area contributed by atoms with Crippen molar-refractivity contribution in [1.82, 2.24) is 5.32 Å². The standard InChI is InChI=1S/C23H33NO7/c1-2-3-4-5-6-10-13-24-19(26)21(28)15-22(29)20(27,14-23(21,22)30)16-31-18(25)17-11-8-7-9-12-17/h7-9,11-12,27-30H,2-6,10,13-16H2,1H3,(H,24,26)/t20-,21+,22-,23-/m1/s1. The topological polar surface area (TPSA) is 136 Å². The molecule has 0 spiro atoms. The van der Waals surface area contributed by atoms with E-state index >= 15 is 0 Å². The van der Waals surface area contributed by atoms with Crippen LogP contribution in [0.25, 0.3) is 0 Å². The molecule has 31 heavy (non-hydrogen) atoms. The number of rotatable bonds is 11. The van der Waals surface area contributed by atoms with E-state index in [1.807, 2.05) is 0 Å². The van der Waals surface area contributed by atoms with Gasteiger partial charge in [-0.25, -0.2) is 4.79 Å². The summed E-state index contributed by atoms with van der Waals surface area (Å²) < 4.78 is 5.10. The highest BCUT2D eigenvalue weighted by molar-refractivity contribution is 5.90. The van der Waals surface area contributed by atoms with Gasteiger partial charge < -0.3 is 30.5 Å². The largest absolute Gasteiger partial charge is 0.459 e. The van der Waals surface area contributed by atoms with Crippen molar-refractivity contribution in [3.8, 4) is 0 Å². The van der Waals surface area contributed by atoms with Crippen LogP contribution in [0.5, 0.6) is 0 Å². The average molecular weight is 436 g/mol. The number of hydrogen-bond donors (Lipinski definition) is 5. The molecule has 0 saturated heterocycles. The van der Waals surface area contributed by atoms with E-state index < -0.39 is 53.7 Å². The van der Waals surface area contributed by atoms with Crippen LogP contribution in [0, 0.1) is 0 Å². The average Bonchev–Trinajstić information content (AvgIpc) is 2.76. The Morgan fingerprint density at radius 2 is 1.58 bits per heavy atom. The second kappa shape index (κ2) is 8.86. The number of nitrogens with one attached hydrogen (secondary N) is 1. The summed E-state index contributed by atoms with van der Waals surface area (Å²) in [5.41, 5.74) is -8.19. The molecule has 8 heteroatoms. The van der Waals surface area contributed by atoms with Crippen LogP contribution in [-0.2, 0) is 9.53 Å². The number of hydrogen-bond acceptors (Lipinski definition) is 7. The molecular formula is C23H33NO7. The summed E-state index contributed by atoms with van der Waals surface area (Å²) in [6, 6.07) is 8.17. The quantitative estimate of drug-likeness (QED) is 0.259. The smallest absolute Gasteiger partial charge is 0.338 e. The number of carbonyl (C=O) groups excluding carboxylic acids is 2. The van der Waals surface area contributed by atoms with E-state index in [-0.39, 0.29) is 5.56 Å². The Hall–Kier alpha value is -2.00. The summed E-state index contributed by atoms with van der Waals surface area (Å²) in [4.78, 5) is 24.6. The van der Waals surface area contributed by atoms with Gasteiger partial charge in [-0.3, -0.25) is 4.79 Å². The van der Waals surface area contributed by atoms with E-state index in [0.717, 1.165) is 32.1 Å². The molecule has 5 N–H and O–H groups in total. The van der Waals surface area contributed by atoms with Gasteiger partial charge in [0, 0.05) is 19.4 Å². The molecule has 8 nitrogen and oxygen atoms in total. The molecule has 0 aromatic heterocycles. The van der Waals surface area contributed by atoms with Gasteiger partial charge in [0.15, 0.2) is 5.60 Å². The molecule has 1 aromatic rings. The van der Waals surface area contributed by atoms with Gasteiger partial charge >= 0.3 is 5.97 Å². The molecular weight excluding hydrogens is 402 g/mol. The molecule has 2 aliphatic rings. The summed E-state index contributed by atoms with van der Waals surface area (Å²) in [5.74, 6) is -1.45. The predicted molar refractivity (Wildman–Crippen MR) is 112 cm³/mol. The molecule has 4 atom stereocenters. The molecule has 0 heterocycles. The monoisotopic (exact) mass is 435 g/mol. The number of benzene rings is 1. The zero-order chi connectivity index (χ0) is 22.8. The van der Waals surface area contributed by atoms with Gasteiger partial charge in [0.2, 0.25) is 0 Å². The summed E-state index contributed by atoms with van der Waals surface area (Å²) in [5, 5.41) is 45.6. The molecule has 1 aromatic carbocycles. The molecule has 1 amide bonds. The minimum atomic E-state index is -2.20. The third-order valence-corrected chi connectivity index (χ3v) is 6.84. The lowest BCUT2D eigenvalue weighted by molar-refractivity contribution is -0.443. The van der Waals surface area contributed by atoms with Crippen LogP contribution in [0.3, 0.4) is 0 Å². The Bertz CT molecular complexity index is 802. The third-order valence-electron chi connectivity index (χ3n) is 6.84. The molecule has 3 rings (SSSR count). The maximum absolute atomic E-state index is 12.5. The number of amides is 1. The Labute approximate surface area is 182 Å². The van der Waals surface area contributed by atoms with Gasteiger partial charge in [-0.1, -0.05) is 57.2 Å². The van der Waals surface area contributed by atoms with Gasteiger partial charge in [-0.15, -0.1) is 0 Å². The first-order chi connectivity index (χ1) is 14.6. The fourth-order valence-electron chi connectivity index (χ4n) is 4.74. The Balaban J connectivity index is 1.50. The minimum absolute atomic E-state index is 0.284. The maximum Gasteiger partial charge on any atom is 0.338 e. The highest BCUT2D eigenvalue weighted by atomic mass is 16.6. The molecule has 172 valence electrons. The predicted octanol–water partition coefficient (Wildman–Crippen LogP) is 1.05. The number of aliphatic hydroxyl groups is 4. The van der Waals surface area contributed by atoms with Gasteiger partial charge in [-0.2, -0.15) is 0 Å². The second-order valence-electron chi connectivity index (χ2n) is 8.93. The fourth-order valence-corrected chi connectivity index (χ4v) is 4.74. The van der Waals surface area contributed by atoms with Crippen LogP contribution < -0.4 is 5.32 Å². The number of unbranched alkanes of at least 4 members (excludes halogenated alkanes) is 5. The van der Waals surface area contributed by atoms with Crippen LogP contribution in [0.4, 0.5) is 0 Å². The van der Waals surface area contributed by atoms with Crippen molar-refractivity contribution in [2.75, 3.05) is 13.2 Å². The Kier molecular flexibility index (Phi) is 6.76. The van der Waals surface area contributed by atoms with Crippen molar-refractivity contribution in [2.45, 2.75) is 80.7 Å². The highest BCUT2D eigenvalue weighted by Crippen LogP contribution is 2.67. The molecule has 0 radical (unpaired) electrons. The van der Waals surface area contributed by atoms with Gasteiger partial charge in [0.05, 0.1) is 5.56 Å². The first-order valence-electron chi connectivity index (χ1n) is 11.0. The van der Waals surface area contributed by atoms with E-state index in [0.29, 0.717) is 6.54 Å². The molecule has 2 saturated carbocycles. The highest BCUT2D eigenvalue weighted by Gasteiger charge is 2.90. The summed E-state index contributed by atoms with van der Waals surface area (Å²) in [6.45, 7) is 1.94. The van der Waals surface area contributed by atoms with Crippen LogP contribution in [-0.4, -0.2) is 67.9 Å². The zero-order valence-electron chi connectivity index (χ0n) is 18.0. The van der Waals surface area contributed by atoms with E-state index in [2.05, 4.69) is 12.2 Å². The first-order valence-corrected chi connectivity index (χ1v) is 11.0. The van der Waals surface area contributed by atoms with Crippen molar-refractivity contribution in [3.05, 3.63) is 35.9 Å².